The third kappa shape index (κ3) is 3.58. The number of likely N-dealkylation sites (tertiary alicyclic amines) is 1. The van der Waals surface area contributed by atoms with Crippen molar-refractivity contribution in [2.24, 2.45) is 11.7 Å². The Morgan fingerprint density at radius 1 is 1.30 bits per heavy atom. The van der Waals surface area contributed by atoms with Crippen LogP contribution < -0.4 is 10.6 Å². The van der Waals surface area contributed by atoms with Crippen LogP contribution in [0.25, 0.3) is 0 Å². The van der Waals surface area contributed by atoms with Crippen LogP contribution >= 0.6 is 0 Å². The minimum Gasteiger partial charge on any atom is -0.377 e. The van der Waals surface area contributed by atoms with E-state index in [9.17, 15) is 19.7 Å². The fourth-order valence-corrected chi connectivity index (χ4v) is 2.74. The van der Waals surface area contributed by atoms with Crippen molar-refractivity contribution < 1.29 is 14.5 Å². The molecule has 1 fully saturated rings. The first-order chi connectivity index (χ1) is 10.8. The van der Waals surface area contributed by atoms with Crippen LogP contribution in [0.4, 0.5) is 11.4 Å². The maximum atomic E-state index is 12.7. The molecule has 0 radical (unpaired) electrons. The fraction of sp³-hybridized carbons (Fsp3) is 0.467. The number of carbonyl (C=O) groups is 2. The highest BCUT2D eigenvalue weighted by molar-refractivity contribution is 6.00. The molecule has 1 aromatic carbocycles. The zero-order valence-electron chi connectivity index (χ0n) is 13.2. The average Bonchev–Trinajstić information content (AvgIpc) is 2.53. The molecule has 1 aliphatic rings. The number of nitro benzene ring substituents is 1. The summed E-state index contributed by atoms with van der Waals surface area (Å²) in [5.41, 5.74) is 6.09. The SMILES string of the molecule is CN(C)c1ccc([N+](=O)[O-])cc1C(=O)N1CCC(C(N)=O)CC1. The van der Waals surface area contributed by atoms with E-state index in [1.54, 1.807) is 30.0 Å². The van der Waals surface area contributed by atoms with E-state index in [4.69, 9.17) is 5.73 Å². The summed E-state index contributed by atoms with van der Waals surface area (Å²) < 4.78 is 0. The summed E-state index contributed by atoms with van der Waals surface area (Å²) in [6, 6.07) is 4.25. The Labute approximate surface area is 134 Å². The molecular weight excluding hydrogens is 300 g/mol. The van der Waals surface area contributed by atoms with Crippen LogP contribution in [-0.4, -0.2) is 48.8 Å². The van der Waals surface area contributed by atoms with Crippen LogP contribution in [0.2, 0.25) is 0 Å². The lowest BCUT2D eigenvalue weighted by Crippen LogP contribution is -2.42. The Morgan fingerprint density at radius 3 is 2.39 bits per heavy atom. The quantitative estimate of drug-likeness (QED) is 0.657. The highest BCUT2D eigenvalue weighted by Crippen LogP contribution is 2.27. The summed E-state index contributed by atoms with van der Waals surface area (Å²) in [6.45, 7) is 0.837. The Bertz CT molecular complexity index is 636. The predicted molar refractivity (Wildman–Crippen MR) is 85.2 cm³/mol. The van der Waals surface area contributed by atoms with Crippen molar-refractivity contribution in [1.82, 2.24) is 4.90 Å². The Hall–Kier alpha value is -2.64. The van der Waals surface area contributed by atoms with Gasteiger partial charge in [-0.05, 0) is 18.9 Å². The predicted octanol–water partition coefficient (Wildman–Crippen LogP) is 0.998. The molecule has 1 saturated heterocycles. The van der Waals surface area contributed by atoms with Gasteiger partial charge in [0.1, 0.15) is 0 Å². The molecule has 23 heavy (non-hydrogen) atoms. The van der Waals surface area contributed by atoms with E-state index >= 15 is 0 Å². The van der Waals surface area contributed by atoms with E-state index in [-0.39, 0.29) is 23.4 Å². The van der Waals surface area contributed by atoms with Gasteiger partial charge in [-0.15, -0.1) is 0 Å². The summed E-state index contributed by atoms with van der Waals surface area (Å²) in [5.74, 6) is -0.820. The number of hydrogen-bond donors (Lipinski definition) is 1. The molecule has 0 unspecified atom stereocenters. The monoisotopic (exact) mass is 320 g/mol. The first-order valence-electron chi connectivity index (χ1n) is 7.35. The summed E-state index contributed by atoms with van der Waals surface area (Å²) >= 11 is 0. The minimum atomic E-state index is -0.518. The van der Waals surface area contributed by atoms with Gasteiger partial charge in [-0.3, -0.25) is 19.7 Å². The number of hydrogen-bond acceptors (Lipinski definition) is 5. The molecule has 1 heterocycles. The smallest absolute Gasteiger partial charge is 0.270 e. The largest absolute Gasteiger partial charge is 0.377 e. The number of piperidine rings is 1. The van der Waals surface area contributed by atoms with Crippen molar-refractivity contribution in [3.63, 3.8) is 0 Å². The van der Waals surface area contributed by atoms with Gasteiger partial charge in [0.15, 0.2) is 0 Å². The summed E-state index contributed by atoms with van der Waals surface area (Å²) in [5, 5.41) is 11.0. The van der Waals surface area contributed by atoms with Gasteiger partial charge in [0.05, 0.1) is 10.5 Å². The number of nitrogens with zero attached hydrogens (tertiary/aromatic N) is 3. The van der Waals surface area contributed by atoms with E-state index in [0.717, 1.165) is 0 Å². The molecular formula is C15H20N4O4. The second-order valence-corrected chi connectivity index (χ2v) is 5.82. The van der Waals surface area contributed by atoms with Gasteiger partial charge >= 0.3 is 0 Å². The highest BCUT2D eigenvalue weighted by Gasteiger charge is 2.28. The minimum absolute atomic E-state index is 0.119. The van der Waals surface area contributed by atoms with E-state index in [1.807, 2.05) is 0 Å². The summed E-state index contributed by atoms with van der Waals surface area (Å²) in [7, 11) is 3.55. The first-order valence-corrected chi connectivity index (χ1v) is 7.35. The Kier molecular flexibility index (Phi) is 4.83. The molecule has 0 saturated carbocycles. The van der Waals surface area contributed by atoms with E-state index < -0.39 is 4.92 Å². The zero-order valence-corrected chi connectivity index (χ0v) is 13.2. The number of benzene rings is 1. The Morgan fingerprint density at radius 2 is 1.91 bits per heavy atom. The van der Waals surface area contributed by atoms with Crippen LogP contribution in [0.5, 0.6) is 0 Å². The van der Waals surface area contributed by atoms with Crippen LogP contribution in [0.3, 0.4) is 0 Å². The molecule has 124 valence electrons. The lowest BCUT2D eigenvalue weighted by atomic mass is 9.95. The summed E-state index contributed by atoms with van der Waals surface area (Å²) in [6.07, 6.45) is 1.04. The van der Waals surface area contributed by atoms with Crippen molar-refractivity contribution in [1.29, 1.82) is 0 Å². The second kappa shape index (κ2) is 6.64. The van der Waals surface area contributed by atoms with Gasteiger partial charge in [0, 0.05) is 50.9 Å². The molecule has 0 spiro atoms. The maximum absolute atomic E-state index is 12.7. The van der Waals surface area contributed by atoms with Crippen molar-refractivity contribution in [3.8, 4) is 0 Å². The average molecular weight is 320 g/mol. The Balaban J connectivity index is 2.26. The molecule has 0 atom stereocenters. The topological polar surface area (TPSA) is 110 Å². The molecule has 2 rings (SSSR count). The maximum Gasteiger partial charge on any atom is 0.270 e. The molecule has 0 aromatic heterocycles. The van der Waals surface area contributed by atoms with Crippen LogP contribution in [-0.2, 0) is 4.79 Å². The van der Waals surface area contributed by atoms with Crippen molar-refractivity contribution in [2.75, 3.05) is 32.1 Å². The zero-order chi connectivity index (χ0) is 17.1. The number of anilines is 1. The number of amides is 2. The van der Waals surface area contributed by atoms with Crippen molar-refractivity contribution >= 4 is 23.2 Å². The third-order valence-corrected chi connectivity index (χ3v) is 4.09. The number of rotatable bonds is 4. The van der Waals surface area contributed by atoms with Crippen molar-refractivity contribution in [3.05, 3.63) is 33.9 Å². The van der Waals surface area contributed by atoms with Crippen LogP contribution in [0.15, 0.2) is 18.2 Å². The number of primary amides is 1. The van der Waals surface area contributed by atoms with Gasteiger partial charge in [0.25, 0.3) is 11.6 Å². The van der Waals surface area contributed by atoms with E-state index in [2.05, 4.69) is 0 Å². The number of nitro groups is 1. The van der Waals surface area contributed by atoms with Gasteiger partial charge < -0.3 is 15.5 Å². The molecule has 1 aromatic rings. The molecule has 8 heteroatoms. The lowest BCUT2D eigenvalue weighted by Gasteiger charge is -2.31. The van der Waals surface area contributed by atoms with E-state index in [1.165, 1.54) is 12.1 Å². The first kappa shape index (κ1) is 16.7. The lowest BCUT2D eigenvalue weighted by molar-refractivity contribution is -0.384. The number of non-ortho nitro benzene ring substituents is 1. The van der Waals surface area contributed by atoms with Gasteiger partial charge in [0.2, 0.25) is 5.91 Å². The molecule has 8 nitrogen and oxygen atoms in total. The fourth-order valence-electron chi connectivity index (χ4n) is 2.74. The number of nitrogens with two attached hydrogens (primary N) is 1. The molecule has 2 N–H and O–H groups in total. The highest BCUT2D eigenvalue weighted by atomic mass is 16.6. The van der Waals surface area contributed by atoms with Crippen molar-refractivity contribution in [2.45, 2.75) is 12.8 Å². The summed E-state index contributed by atoms with van der Waals surface area (Å²) in [4.78, 5) is 37.7. The number of carbonyl (C=O) groups excluding carboxylic acids is 2. The van der Waals surface area contributed by atoms with Gasteiger partial charge in [-0.1, -0.05) is 0 Å². The molecule has 1 aliphatic heterocycles. The van der Waals surface area contributed by atoms with Crippen LogP contribution in [0.1, 0.15) is 23.2 Å². The normalized spacial score (nSPS) is 15.3. The van der Waals surface area contributed by atoms with E-state index in [0.29, 0.717) is 37.2 Å². The second-order valence-electron chi connectivity index (χ2n) is 5.82. The van der Waals surface area contributed by atoms with Gasteiger partial charge in [-0.25, -0.2) is 0 Å². The third-order valence-electron chi connectivity index (χ3n) is 4.09. The standard InChI is InChI=1S/C15H20N4O4/c1-17(2)13-4-3-11(19(22)23)9-12(13)15(21)18-7-5-10(6-8-18)14(16)20/h3-4,9-10H,5-8H2,1-2H3,(H2,16,20). The molecule has 0 bridgehead atoms. The molecule has 2 amide bonds. The van der Waals surface area contributed by atoms with Gasteiger partial charge in [-0.2, -0.15) is 0 Å². The molecule has 0 aliphatic carbocycles. The van der Waals surface area contributed by atoms with Crippen LogP contribution in [0, 0.1) is 16.0 Å².